The lowest BCUT2D eigenvalue weighted by atomic mass is 9.68. The Morgan fingerprint density at radius 2 is 1.79 bits per heavy atom. The molecule has 2 N–H and O–H groups in total. The summed E-state index contributed by atoms with van der Waals surface area (Å²) in [6, 6.07) is 5.31. The molecule has 2 rings (SSSR count). The van der Waals surface area contributed by atoms with Crippen LogP contribution in [0.5, 0.6) is 11.5 Å². The molecule has 0 unspecified atom stereocenters. The zero-order chi connectivity index (χ0) is 17.4. The molecule has 0 saturated heterocycles. The second kappa shape index (κ2) is 8.86. The molecule has 0 aliphatic heterocycles. The SMILES string of the molecule is COCOc1ccc(C2(C(=O)NO)CCCCC2)c(OCOC)c1. The summed E-state index contributed by atoms with van der Waals surface area (Å²) in [5, 5.41) is 9.24. The van der Waals surface area contributed by atoms with E-state index in [1.165, 1.54) is 7.11 Å². The van der Waals surface area contributed by atoms with Gasteiger partial charge in [0.1, 0.15) is 11.5 Å². The molecule has 7 nitrogen and oxygen atoms in total. The van der Waals surface area contributed by atoms with Crippen LogP contribution >= 0.6 is 0 Å². The average Bonchev–Trinajstić information content (AvgIpc) is 2.64. The lowest BCUT2D eigenvalue weighted by Crippen LogP contribution is -2.45. The van der Waals surface area contributed by atoms with Gasteiger partial charge in [-0.3, -0.25) is 10.0 Å². The molecule has 24 heavy (non-hydrogen) atoms. The van der Waals surface area contributed by atoms with Gasteiger partial charge in [0, 0.05) is 25.8 Å². The summed E-state index contributed by atoms with van der Waals surface area (Å²) in [5.74, 6) is 0.674. The number of amides is 1. The fraction of sp³-hybridized carbons (Fsp3) is 0.588. The maximum Gasteiger partial charge on any atom is 0.254 e. The minimum Gasteiger partial charge on any atom is -0.467 e. The van der Waals surface area contributed by atoms with Crippen LogP contribution in [0.1, 0.15) is 37.7 Å². The van der Waals surface area contributed by atoms with E-state index in [9.17, 15) is 10.0 Å². The van der Waals surface area contributed by atoms with Gasteiger partial charge in [0.05, 0.1) is 5.41 Å². The molecule has 0 atom stereocenters. The van der Waals surface area contributed by atoms with Gasteiger partial charge in [-0.05, 0) is 18.9 Å². The Balaban J connectivity index is 2.41. The van der Waals surface area contributed by atoms with Crippen molar-refractivity contribution in [3.63, 3.8) is 0 Å². The van der Waals surface area contributed by atoms with Crippen molar-refractivity contribution < 1.29 is 28.9 Å². The van der Waals surface area contributed by atoms with Gasteiger partial charge in [0.25, 0.3) is 5.91 Å². The zero-order valence-electron chi connectivity index (χ0n) is 14.2. The van der Waals surface area contributed by atoms with Gasteiger partial charge < -0.3 is 18.9 Å². The molecule has 0 radical (unpaired) electrons. The van der Waals surface area contributed by atoms with Crippen molar-refractivity contribution in [3.05, 3.63) is 23.8 Å². The maximum absolute atomic E-state index is 12.5. The van der Waals surface area contributed by atoms with Gasteiger partial charge in [-0.1, -0.05) is 25.3 Å². The van der Waals surface area contributed by atoms with Crippen molar-refractivity contribution in [3.8, 4) is 11.5 Å². The molecule has 1 aromatic rings. The minimum atomic E-state index is -0.810. The van der Waals surface area contributed by atoms with E-state index in [4.69, 9.17) is 18.9 Å². The van der Waals surface area contributed by atoms with Gasteiger partial charge in [0.2, 0.25) is 0 Å². The summed E-state index contributed by atoms with van der Waals surface area (Å²) in [6.45, 7) is 0.170. The van der Waals surface area contributed by atoms with E-state index in [0.717, 1.165) is 24.8 Å². The van der Waals surface area contributed by atoms with Gasteiger partial charge in [-0.25, -0.2) is 5.48 Å². The van der Waals surface area contributed by atoms with Crippen LogP contribution < -0.4 is 15.0 Å². The first-order valence-corrected chi connectivity index (χ1v) is 8.00. The number of hydroxylamine groups is 1. The average molecular weight is 339 g/mol. The van der Waals surface area contributed by atoms with Crippen LogP contribution in [0.4, 0.5) is 0 Å². The van der Waals surface area contributed by atoms with E-state index in [1.54, 1.807) is 19.2 Å². The third kappa shape index (κ3) is 3.98. The first-order valence-electron chi connectivity index (χ1n) is 8.00. The summed E-state index contributed by atoms with van der Waals surface area (Å²) < 4.78 is 21.0. The molecule has 1 aromatic carbocycles. The summed E-state index contributed by atoms with van der Waals surface area (Å²) in [6.07, 6.45) is 4.21. The summed E-state index contributed by atoms with van der Waals surface area (Å²) >= 11 is 0. The summed E-state index contributed by atoms with van der Waals surface area (Å²) in [7, 11) is 3.07. The number of nitrogens with one attached hydrogen (secondary N) is 1. The number of hydrogen-bond acceptors (Lipinski definition) is 6. The lowest BCUT2D eigenvalue weighted by Gasteiger charge is -2.36. The Morgan fingerprint density at radius 3 is 2.42 bits per heavy atom. The van der Waals surface area contributed by atoms with Crippen molar-refractivity contribution in [1.82, 2.24) is 5.48 Å². The highest BCUT2D eigenvalue weighted by atomic mass is 16.7. The van der Waals surface area contributed by atoms with Crippen LogP contribution in [0.2, 0.25) is 0 Å². The molecule has 1 aliphatic carbocycles. The molecular formula is C17H25NO6. The highest BCUT2D eigenvalue weighted by molar-refractivity contribution is 5.88. The van der Waals surface area contributed by atoms with Gasteiger partial charge in [0.15, 0.2) is 13.6 Å². The van der Waals surface area contributed by atoms with Crippen LogP contribution in [0.25, 0.3) is 0 Å². The smallest absolute Gasteiger partial charge is 0.254 e. The molecule has 7 heteroatoms. The molecule has 1 saturated carbocycles. The number of ether oxygens (including phenoxy) is 4. The number of rotatable bonds is 8. The molecule has 134 valence electrons. The van der Waals surface area contributed by atoms with E-state index in [1.807, 2.05) is 11.5 Å². The first kappa shape index (κ1) is 18.5. The van der Waals surface area contributed by atoms with Crippen LogP contribution in [0.15, 0.2) is 18.2 Å². The van der Waals surface area contributed by atoms with E-state index < -0.39 is 11.3 Å². The second-order valence-electron chi connectivity index (χ2n) is 5.84. The van der Waals surface area contributed by atoms with Gasteiger partial charge >= 0.3 is 0 Å². The van der Waals surface area contributed by atoms with Crippen molar-refractivity contribution in [2.75, 3.05) is 27.8 Å². The topological polar surface area (TPSA) is 86.3 Å². The number of hydrogen-bond donors (Lipinski definition) is 2. The van der Waals surface area contributed by atoms with Crippen molar-refractivity contribution >= 4 is 5.91 Å². The number of methoxy groups -OCH3 is 2. The normalized spacial score (nSPS) is 16.5. The van der Waals surface area contributed by atoms with Crippen LogP contribution in [0, 0.1) is 0 Å². The van der Waals surface area contributed by atoms with Crippen molar-refractivity contribution in [2.24, 2.45) is 0 Å². The monoisotopic (exact) mass is 339 g/mol. The lowest BCUT2D eigenvalue weighted by molar-refractivity contribution is -0.136. The third-order valence-corrected chi connectivity index (χ3v) is 4.39. The van der Waals surface area contributed by atoms with Crippen LogP contribution in [-0.4, -0.2) is 38.9 Å². The number of carbonyl (C=O) groups is 1. The van der Waals surface area contributed by atoms with Gasteiger partial charge in [-0.2, -0.15) is 0 Å². The largest absolute Gasteiger partial charge is 0.467 e. The molecule has 0 aromatic heterocycles. The van der Waals surface area contributed by atoms with Crippen LogP contribution in [0.3, 0.4) is 0 Å². The zero-order valence-corrected chi connectivity index (χ0v) is 14.2. The first-order chi connectivity index (χ1) is 11.7. The molecule has 1 fully saturated rings. The quantitative estimate of drug-likeness (QED) is 0.430. The molecular weight excluding hydrogens is 314 g/mol. The summed E-state index contributed by atoms with van der Waals surface area (Å²) in [5.41, 5.74) is 1.75. The van der Waals surface area contributed by atoms with Crippen LogP contribution in [-0.2, 0) is 19.7 Å². The Hall–Kier alpha value is -1.83. The fourth-order valence-corrected chi connectivity index (χ4v) is 3.24. The Labute approximate surface area is 141 Å². The second-order valence-corrected chi connectivity index (χ2v) is 5.84. The minimum absolute atomic E-state index is 0.0531. The van der Waals surface area contributed by atoms with Crippen molar-refractivity contribution in [2.45, 2.75) is 37.5 Å². The Kier molecular flexibility index (Phi) is 6.84. The van der Waals surface area contributed by atoms with E-state index in [0.29, 0.717) is 24.3 Å². The van der Waals surface area contributed by atoms with E-state index in [2.05, 4.69) is 0 Å². The molecule has 0 bridgehead atoms. The third-order valence-electron chi connectivity index (χ3n) is 4.39. The summed E-state index contributed by atoms with van der Waals surface area (Å²) in [4.78, 5) is 12.5. The highest BCUT2D eigenvalue weighted by Gasteiger charge is 2.43. The molecule has 1 amide bonds. The number of benzene rings is 1. The maximum atomic E-state index is 12.5. The number of carbonyl (C=O) groups excluding carboxylic acids is 1. The molecule has 0 heterocycles. The van der Waals surface area contributed by atoms with E-state index in [-0.39, 0.29) is 13.6 Å². The Bertz CT molecular complexity index is 542. The van der Waals surface area contributed by atoms with Gasteiger partial charge in [-0.15, -0.1) is 0 Å². The van der Waals surface area contributed by atoms with Crippen molar-refractivity contribution in [1.29, 1.82) is 0 Å². The fourth-order valence-electron chi connectivity index (χ4n) is 3.24. The standard InChI is InChI=1S/C17H25NO6/c1-21-11-23-13-6-7-14(15(10-13)24-12-22-2)17(16(19)18-20)8-4-3-5-9-17/h6-7,10,20H,3-5,8-9,11-12H2,1-2H3,(H,18,19). The Morgan fingerprint density at radius 1 is 1.12 bits per heavy atom. The highest BCUT2D eigenvalue weighted by Crippen LogP contribution is 2.44. The molecule has 0 spiro atoms. The predicted octanol–water partition coefficient (Wildman–Crippen LogP) is 2.36. The predicted molar refractivity (Wildman–Crippen MR) is 86.1 cm³/mol. The van der Waals surface area contributed by atoms with E-state index >= 15 is 0 Å². The molecule has 1 aliphatic rings.